The third-order valence-corrected chi connectivity index (χ3v) is 6.00. The summed E-state index contributed by atoms with van der Waals surface area (Å²) in [5, 5.41) is 10.5. The van der Waals surface area contributed by atoms with E-state index in [1.165, 1.54) is 0 Å². The molecule has 0 saturated carbocycles. The van der Waals surface area contributed by atoms with Crippen molar-refractivity contribution in [1.29, 1.82) is 0 Å². The highest BCUT2D eigenvalue weighted by molar-refractivity contribution is 7.91. The van der Waals surface area contributed by atoms with E-state index in [1.807, 2.05) is 13.8 Å². The summed E-state index contributed by atoms with van der Waals surface area (Å²) in [7, 11) is -3.77. The van der Waals surface area contributed by atoms with E-state index in [2.05, 4.69) is 4.72 Å². The van der Waals surface area contributed by atoms with Crippen LogP contribution in [0.15, 0.2) is 10.3 Å². The van der Waals surface area contributed by atoms with Crippen LogP contribution in [0.25, 0.3) is 0 Å². The third kappa shape index (κ3) is 3.64. The maximum atomic E-state index is 12.1. The van der Waals surface area contributed by atoms with Gasteiger partial charge in [-0.3, -0.25) is 10.1 Å². The average molecular weight is 307 g/mol. The van der Waals surface area contributed by atoms with Crippen molar-refractivity contribution in [2.75, 3.05) is 5.73 Å². The number of nitrogens with one attached hydrogen (secondary N) is 1. The number of hydrogen-bond acceptors (Lipinski definition) is 6. The van der Waals surface area contributed by atoms with Gasteiger partial charge in [-0.15, -0.1) is 0 Å². The monoisotopic (exact) mass is 307 g/mol. The smallest absolute Gasteiger partial charge is 0.304 e. The molecule has 0 amide bonds. The lowest BCUT2D eigenvalue weighted by Gasteiger charge is -2.19. The first-order valence-electron chi connectivity index (χ1n) is 5.75. The molecule has 0 fully saturated rings. The minimum absolute atomic E-state index is 0.110. The van der Waals surface area contributed by atoms with E-state index in [1.54, 1.807) is 6.92 Å². The topological polar surface area (TPSA) is 115 Å². The van der Waals surface area contributed by atoms with E-state index in [9.17, 15) is 18.5 Å². The Balaban J connectivity index is 3.01. The van der Waals surface area contributed by atoms with Crippen molar-refractivity contribution in [3.05, 3.63) is 16.2 Å². The van der Waals surface area contributed by atoms with Crippen LogP contribution in [0.1, 0.15) is 27.2 Å². The van der Waals surface area contributed by atoms with Gasteiger partial charge in [0.2, 0.25) is 0 Å². The molecule has 19 heavy (non-hydrogen) atoms. The molecule has 0 aliphatic carbocycles. The van der Waals surface area contributed by atoms with Crippen LogP contribution in [0.4, 0.5) is 10.7 Å². The van der Waals surface area contributed by atoms with E-state index >= 15 is 0 Å². The molecule has 1 aromatic heterocycles. The molecule has 2 unspecified atom stereocenters. The van der Waals surface area contributed by atoms with Gasteiger partial charge in [-0.1, -0.05) is 31.6 Å². The Morgan fingerprint density at radius 2 is 2.11 bits per heavy atom. The van der Waals surface area contributed by atoms with Gasteiger partial charge < -0.3 is 5.73 Å². The second-order valence-electron chi connectivity index (χ2n) is 4.37. The quantitative estimate of drug-likeness (QED) is 0.615. The van der Waals surface area contributed by atoms with Gasteiger partial charge in [0.1, 0.15) is 4.21 Å². The Hall–Kier alpha value is -1.19. The van der Waals surface area contributed by atoms with Gasteiger partial charge in [0, 0.05) is 12.1 Å². The van der Waals surface area contributed by atoms with Crippen LogP contribution in [-0.4, -0.2) is 19.4 Å². The lowest BCUT2D eigenvalue weighted by Crippen LogP contribution is -2.36. The first-order chi connectivity index (χ1) is 8.69. The highest BCUT2D eigenvalue weighted by atomic mass is 32.2. The summed E-state index contributed by atoms with van der Waals surface area (Å²) >= 11 is 0.697. The normalized spacial score (nSPS) is 15.1. The second kappa shape index (κ2) is 5.85. The first kappa shape index (κ1) is 15.9. The van der Waals surface area contributed by atoms with E-state index in [-0.39, 0.29) is 26.9 Å². The van der Waals surface area contributed by atoms with Crippen molar-refractivity contribution >= 4 is 32.0 Å². The molecule has 7 nitrogen and oxygen atoms in total. The second-order valence-corrected chi connectivity index (χ2v) is 7.39. The number of nitrogens with two attached hydrogens (primary N) is 1. The molecule has 108 valence electrons. The number of sulfonamides is 1. The number of nitro groups is 1. The molecule has 2 atom stereocenters. The van der Waals surface area contributed by atoms with Gasteiger partial charge in [0.15, 0.2) is 5.00 Å². The van der Waals surface area contributed by atoms with Gasteiger partial charge in [-0.05, 0) is 12.8 Å². The lowest BCUT2D eigenvalue weighted by atomic mass is 10.0. The number of thiophene rings is 1. The van der Waals surface area contributed by atoms with Gasteiger partial charge in [0.25, 0.3) is 10.0 Å². The predicted octanol–water partition coefficient (Wildman–Crippen LogP) is 1.95. The molecule has 3 N–H and O–H groups in total. The van der Waals surface area contributed by atoms with E-state index in [0.29, 0.717) is 11.3 Å². The Labute approximate surface area is 116 Å². The Kier molecular flexibility index (Phi) is 4.88. The molecule has 1 heterocycles. The summed E-state index contributed by atoms with van der Waals surface area (Å²) in [5.41, 5.74) is 5.07. The number of anilines is 1. The number of nitrogens with zero attached hydrogens (tertiary/aromatic N) is 1. The number of hydrogen-bond donors (Lipinski definition) is 2. The van der Waals surface area contributed by atoms with Crippen LogP contribution >= 0.6 is 11.3 Å². The van der Waals surface area contributed by atoms with Crippen molar-refractivity contribution in [1.82, 2.24) is 4.72 Å². The molecule has 0 aromatic carbocycles. The van der Waals surface area contributed by atoms with Crippen LogP contribution in [0.2, 0.25) is 0 Å². The van der Waals surface area contributed by atoms with E-state index < -0.39 is 14.9 Å². The summed E-state index contributed by atoms with van der Waals surface area (Å²) in [6.45, 7) is 5.65. The van der Waals surface area contributed by atoms with Crippen molar-refractivity contribution in [3.8, 4) is 0 Å². The highest BCUT2D eigenvalue weighted by Crippen LogP contribution is 2.34. The van der Waals surface area contributed by atoms with Gasteiger partial charge in [-0.25, -0.2) is 13.1 Å². The van der Waals surface area contributed by atoms with Crippen molar-refractivity contribution < 1.29 is 13.3 Å². The van der Waals surface area contributed by atoms with Gasteiger partial charge in [0.05, 0.1) is 4.92 Å². The first-order valence-corrected chi connectivity index (χ1v) is 8.05. The largest absolute Gasteiger partial charge is 0.385 e. The standard InChI is InChI=1S/C10H17N3O4S2/c1-4-6(2)7(3)12-19(16,17)9-5-8(13(14)15)10(11)18-9/h5-7,12H,4,11H2,1-3H3. The Morgan fingerprint density at radius 1 is 1.53 bits per heavy atom. The summed E-state index contributed by atoms with van der Waals surface area (Å²) in [4.78, 5) is 9.96. The minimum atomic E-state index is -3.77. The fraction of sp³-hybridized carbons (Fsp3) is 0.600. The maximum absolute atomic E-state index is 12.1. The molecule has 0 bridgehead atoms. The molecule has 1 aromatic rings. The SMILES string of the molecule is CCC(C)C(C)NS(=O)(=O)c1cc([N+](=O)[O-])c(N)s1. The maximum Gasteiger partial charge on any atom is 0.304 e. The number of rotatable bonds is 6. The molecule has 1 rings (SSSR count). The molecule has 0 aliphatic heterocycles. The van der Waals surface area contributed by atoms with Crippen LogP contribution in [0, 0.1) is 16.0 Å². The van der Waals surface area contributed by atoms with Gasteiger partial charge in [-0.2, -0.15) is 0 Å². The van der Waals surface area contributed by atoms with Crippen LogP contribution in [-0.2, 0) is 10.0 Å². The van der Waals surface area contributed by atoms with Crippen LogP contribution in [0.5, 0.6) is 0 Å². The predicted molar refractivity (Wildman–Crippen MR) is 74.6 cm³/mol. The minimum Gasteiger partial charge on any atom is -0.385 e. The molecule has 0 spiro atoms. The fourth-order valence-electron chi connectivity index (χ4n) is 1.42. The Bertz CT molecular complexity index is 567. The van der Waals surface area contributed by atoms with Crippen molar-refractivity contribution in [3.63, 3.8) is 0 Å². The number of nitrogen functional groups attached to an aromatic ring is 1. The summed E-state index contributed by atoms with van der Waals surface area (Å²) in [5.74, 6) is 0.169. The zero-order valence-electron chi connectivity index (χ0n) is 10.9. The molecule has 0 radical (unpaired) electrons. The van der Waals surface area contributed by atoms with Crippen molar-refractivity contribution in [2.45, 2.75) is 37.4 Å². The zero-order chi connectivity index (χ0) is 14.8. The average Bonchev–Trinajstić information content (AvgIpc) is 2.70. The highest BCUT2D eigenvalue weighted by Gasteiger charge is 2.26. The van der Waals surface area contributed by atoms with Crippen LogP contribution in [0.3, 0.4) is 0 Å². The fourth-order valence-corrected chi connectivity index (χ4v) is 4.00. The molecule has 0 saturated heterocycles. The summed E-state index contributed by atoms with van der Waals surface area (Å²) in [6.07, 6.45) is 0.830. The van der Waals surface area contributed by atoms with E-state index in [0.717, 1.165) is 12.5 Å². The zero-order valence-corrected chi connectivity index (χ0v) is 12.5. The summed E-state index contributed by atoms with van der Waals surface area (Å²) in [6, 6.07) is 0.739. The van der Waals surface area contributed by atoms with Gasteiger partial charge >= 0.3 is 5.69 Å². The Morgan fingerprint density at radius 3 is 2.53 bits per heavy atom. The lowest BCUT2D eigenvalue weighted by molar-refractivity contribution is -0.383. The summed E-state index contributed by atoms with van der Waals surface area (Å²) < 4.78 is 26.5. The molecular weight excluding hydrogens is 290 g/mol. The molecule has 0 aliphatic rings. The van der Waals surface area contributed by atoms with Crippen LogP contribution < -0.4 is 10.5 Å². The van der Waals surface area contributed by atoms with E-state index in [4.69, 9.17) is 5.73 Å². The molecular formula is C10H17N3O4S2. The van der Waals surface area contributed by atoms with Crippen molar-refractivity contribution in [2.24, 2.45) is 5.92 Å². The third-order valence-electron chi connectivity index (χ3n) is 3.02. The molecule has 9 heteroatoms.